The van der Waals surface area contributed by atoms with Gasteiger partial charge in [-0.25, -0.2) is 0 Å². The van der Waals surface area contributed by atoms with Crippen LogP contribution in [0.15, 0.2) is 0 Å². The fourth-order valence-corrected chi connectivity index (χ4v) is 1.59. The van der Waals surface area contributed by atoms with Crippen molar-refractivity contribution in [3.8, 4) is 0 Å². The van der Waals surface area contributed by atoms with E-state index >= 15 is 0 Å². The number of rotatable bonds is 2. The minimum absolute atomic E-state index is 0.155. The van der Waals surface area contributed by atoms with Gasteiger partial charge in [0.1, 0.15) is 10.0 Å². The van der Waals surface area contributed by atoms with Gasteiger partial charge in [0, 0.05) is 12.0 Å². The van der Waals surface area contributed by atoms with Gasteiger partial charge in [0.2, 0.25) is 0 Å². The summed E-state index contributed by atoms with van der Waals surface area (Å²) in [6, 6.07) is 0.155. The van der Waals surface area contributed by atoms with Gasteiger partial charge >= 0.3 is 0 Å². The second-order valence-electron chi connectivity index (χ2n) is 2.81. The number of nitrogens with zero attached hydrogens (tertiary/aromatic N) is 2. The van der Waals surface area contributed by atoms with Crippen LogP contribution in [0.3, 0.4) is 0 Å². The summed E-state index contributed by atoms with van der Waals surface area (Å²) in [6.07, 6.45) is 0. The Morgan fingerprint density at radius 2 is 2.00 bits per heavy atom. The molecule has 2 atom stereocenters. The molecule has 0 bridgehead atoms. The van der Waals surface area contributed by atoms with Crippen LogP contribution >= 0.6 is 11.3 Å². The molecule has 1 heterocycles. The Morgan fingerprint density at radius 1 is 1.36 bits per heavy atom. The molecule has 3 nitrogen and oxygen atoms in total. The molecule has 2 N–H and O–H groups in total. The minimum atomic E-state index is 0.155. The number of hydrogen-bond acceptors (Lipinski definition) is 4. The Balaban J connectivity index is 2.76. The lowest BCUT2D eigenvalue weighted by Gasteiger charge is -2.10. The third-order valence-electron chi connectivity index (χ3n) is 1.72. The zero-order chi connectivity index (χ0) is 8.43. The van der Waals surface area contributed by atoms with Gasteiger partial charge < -0.3 is 5.73 Å². The number of nitrogens with two attached hydrogens (primary N) is 1. The molecule has 0 saturated heterocycles. The molecule has 0 fully saturated rings. The SMILES string of the molecule is Cc1nnc(C(C)C(C)N)s1. The predicted molar refractivity (Wildman–Crippen MR) is 46.7 cm³/mol. The molecule has 0 aliphatic carbocycles. The predicted octanol–water partition coefficient (Wildman–Crippen LogP) is 1.30. The maximum atomic E-state index is 5.72. The van der Waals surface area contributed by atoms with Crippen LogP contribution in [0.4, 0.5) is 0 Å². The second kappa shape index (κ2) is 3.28. The molecular weight excluding hydrogens is 158 g/mol. The van der Waals surface area contributed by atoms with Crippen molar-refractivity contribution in [2.45, 2.75) is 32.7 Å². The van der Waals surface area contributed by atoms with Crippen LogP contribution in [-0.4, -0.2) is 16.2 Å². The lowest BCUT2D eigenvalue weighted by atomic mass is 10.1. The van der Waals surface area contributed by atoms with Crippen molar-refractivity contribution in [1.29, 1.82) is 0 Å². The first-order chi connectivity index (χ1) is 5.11. The van der Waals surface area contributed by atoms with Crippen LogP contribution in [0, 0.1) is 6.92 Å². The summed E-state index contributed by atoms with van der Waals surface area (Å²) in [5, 5.41) is 10.0. The highest BCUT2D eigenvalue weighted by Crippen LogP contribution is 2.20. The largest absolute Gasteiger partial charge is 0.327 e. The molecule has 1 aromatic rings. The van der Waals surface area contributed by atoms with Gasteiger partial charge in [-0.1, -0.05) is 6.92 Å². The first-order valence-electron chi connectivity index (χ1n) is 3.67. The van der Waals surface area contributed by atoms with E-state index in [4.69, 9.17) is 5.73 Å². The van der Waals surface area contributed by atoms with Crippen LogP contribution in [0.1, 0.15) is 29.8 Å². The standard InChI is InChI=1S/C7H13N3S/c1-4(5(2)8)7-10-9-6(3)11-7/h4-5H,8H2,1-3H3. The lowest BCUT2D eigenvalue weighted by molar-refractivity contribution is 0.604. The average molecular weight is 171 g/mol. The van der Waals surface area contributed by atoms with E-state index in [0.29, 0.717) is 5.92 Å². The normalized spacial score (nSPS) is 16.4. The van der Waals surface area contributed by atoms with Gasteiger partial charge in [-0.2, -0.15) is 0 Å². The Labute approximate surface area is 70.6 Å². The summed E-state index contributed by atoms with van der Waals surface area (Å²) in [5.74, 6) is 0.321. The van der Waals surface area contributed by atoms with Gasteiger partial charge in [-0.3, -0.25) is 0 Å². The maximum Gasteiger partial charge on any atom is 0.121 e. The third-order valence-corrected chi connectivity index (χ3v) is 2.76. The highest BCUT2D eigenvalue weighted by Gasteiger charge is 2.13. The number of aryl methyl sites for hydroxylation is 1. The summed E-state index contributed by atoms with van der Waals surface area (Å²) in [7, 11) is 0. The number of aromatic nitrogens is 2. The molecule has 0 radical (unpaired) electrons. The van der Waals surface area contributed by atoms with E-state index in [1.807, 2.05) is 13.8 Å². The summed E-state index contributed by atoms with van der Waals surface area (Å²) in [4.78, 5) is 0. The molecule has 0 aliphatic rings. The monoisotopic (exact) mass is 171 g/mol. The Bertz CT molecular complexity index is 231. The van der Waals surface area contributed by atoms with Gasteiger partial charge in [0.15, 0.2) is 0 Å². The van der Waals surface area contributed by atoms with E-state index in [9.17, 15) is 0 Å². The smallest absolute Gasteiger partial charge is 0.121 e. The first-order valence-corrected chi connectivity index (χ1v) is 4.48. The highest BCUT2D eigenvalue weighted by molar-refractivity contribution is 7.11. The van der Waals surface area contributed by atoms with Crippen molar-refractivity contribution in [2.75, 3.05) is 0 Å². The summed E-state index contributed by atoms with van der Waals surface area (Å²) in [6.45, 7) is 6.01. The third kappa shape index (κ3) is 1.97. The molecule has 0 spiro atoms. The molecule has 0 amide bonds. The van der Waals surface area contributed by atoms with Crippen LogP contribution < -0.4 is 5.73 Å². The van der Waals surface area contributed by atoms with Crippen molar-refractivity contribution >= 4 is 11.3 Å². The topological polar surface area (TPSA) is 51.8 Å². The molecule has 2 unspecified atom stereocenters. The van der Waals surface area contributed by atoms with Crippen LogP contribution in [-0.2, 0) is 0 Å². The zero-order valence-electron chi connectivity index (χ0n) is 7.03. The molecular formula is C7H13N3S. The van der Waals surface area contributed by atoms with Gasteiger partial charge in [-0.05, 0) is 13.8 Å². The van der Waals surface area contributed by atoms with Gasteiger partial charge in [0.05, 0.1) is 0 Å². The molecule has 0 saturated carbocycles. The van der Waals surface area contributed by atoms with Crippen molar-refractivity contribution in [3.63, 3.8) is 0 Å². The summed E-state index contributed by atoms with van der Waals surface area (Å²) >= 11 is 1.62. The molecule has 0 aromatic carbocycles. The molecule has 1 rings (SSSR count). The fourth-order valence-electron chi connectivity index (χ4n) is 0.721. The van der Waals surface area contributed by atoms with Crippen molar-refractivity contribution < 1.29 is 0 Å². The summed E-state index contributed by atoms with van der Waals surface area (Å²) in [5.41, 5.74) is 5.72. The second-order valence-corrected chi connectivity index (χ2v) is 4.02. The first kappa shape index (κ1) is 8.62. The molecule has 62 valence electrons. The molecule has 11 heavy (non-hydrogen) atoms. The fraction of sp³-hybridized carbons (Fsp3) is 0.714. The van der Waals surface area contributed by atoms with Crippen molar-refractivity contribution in [1.82, 2.24) is 10.2 Å². The van der Waals surface area contributed by atoms with Crippen LogP contribution in [0.25, 0.3) is 0 Å². The Kier molecular flexibility index (Phi) is 2.57. The van der Waals surface area contributed by atoms with Crippen molar-refractivity contribution in [2.24, 2.45) is 5.73 Å². The number of hydrogen-bond donors (Lipinski definition) is 1. The molecule has 0 aliphatic heterocycles. The maximum absolute atomic E-state index is 5.72. The molecule has 1 aromatic heterocycles. The zero-order valence-corrected chi connectivity index (χ0v) is 7.85. The lowest BCUT2D eigenvalue weighted by Crippen LogP contribution is -2.22. The van der Waals surface area contributed by atoms with E-state index in [2.05, 4.69) is 17.1 Å². The Hall–Kier alpha value is -0.480. The quantitative estimate of drug-likeness (QED) is 0.729. The minimum Gasteiger partial charge on any atom is -0.327 e. The Morgan fingerprint density at radius 3 is 2.36 bits per heavy atom. The van der Waals surface area contributed by atoms with Gasteiger partial charge in [-0.15, -0.1) is 21.5 Å². The highest BCUT2D eigenvalue weighted by atomic mass is 32.1. The summed E-state index contributed by atoms with van der Waals surface area (Å²) < 4.78 is 0. The van der Waals surface area contributed by atoms with E-state index < -0.39 is 0 Å². The van der Waals surface area contributed by atoms with E-state index in [1.165, 1.54) is 0 Å². The van der Waals surface area contributed by atoms with Crippen LogP contribution in [0.2, 0.25) is 0 Å². The van der Waals surface area contributed by atoms with Crippen LogP contribution in [0.5, 0.6) is 0 Å². The van der Waals surface area contributed by atoms with E-state index in [-0.39, 0.29) is 6.04 Å². The average Bonchev–Trinajstić information content (AvgIpc) is 2.34. The molecule has 4 heteroatoms. The van der Waals surface area contributed by atoms with Crippen molar-refractivity contribution in [3.05, 3.63) is 10.0 Å². The van der Waals surface area contributed by atoms with E-state index in [0.717, 1.165) is 10.0 Å². The van der Waals surface area contributed by atoms with E-state index in [1.54, 1.807) is 11.3 Å². The van der Waals surface area contributed by atoms with Gasteiger partial charge in [0.25, 0.3) is 0 Å².